The van der Waals surface area contributed by atoms with Crippen LogP contribution in [0.1, 0.15) is 39.2 Å². The molecular formula is C24H25ClN2O2. The van der Waals surface area contributed by atoms with Crippen LogP contribution in [-0.4, -0.2) is 11.8 Å². The number of allylic oxidation sites excluding steroid dienone is 1. The van der Waals surface area contributed by atoms with Crippen LogP contribution in [0.25, 0.3) is 6.08 Å². The molecule has 0 radical (unpaired) electrons. The fourth-order valence-electron chi connectivity index (χ4n) is 4.76. The number of nitrogens with zero attached hydrogens (tertiary/aromatic N) is 1. The molecule has 2 saturated carbocycles. The van der Waals surface area contributed by atoms with Crippen molar-refractivity contribution in [2.24, 2.45) is 21.9 Å². The van der Waals surface area contributed by atoms with Gasteiger partial charge in [0.05, 0.1) is 5.71 Å². The fourth-order valence-corrected chi connectivity index (χ4v) is 4.89. The molecule has 0 unspecified atom stereocenters. The number of hydrogen-bond acceptors (Lipinski definition) is 3. The van der Waals surface area contributed by atoms with Gasteiger partial charge >= 0.3 is 6.09 Å². The smallest absolute Gasteiger partial charge is 0.297 e. The Morgan fingerprint density at radius 1 is 1.14 bits per heavy atom. The molecule has 0 heterocycles. The predicted octanol–water partition coefficient (Wildman–Crippen LogP) is 6.78. The lowest BCUT2D eigenvalue weighted by Gasteiger charge is -2.33. The summed E-state index contributed by atoms with van der Waals surface area (Å²) < 4.78 is 0. The van der Waals surface area contributed by atoms with Gasteiger partial charge in [-0.2, -0.15) is 0 Å². The SMILES string of the molecule is CC1(C)[C@@H]2CC[C@]1(C)C(=N/OC(=O)Nc1ccccc1)/C2=C/c1ccc(Cl)cc1. The monoisotopic (exact) mass is 408 g/mol. The second kappa shape index (κ2) is 7.34. The Labute approximate surface area is 176 Å². The van der Waals surface area contributed by atoms with Gasteiger partial charge < -0.3 is 0 Å². The number of nitrogens with one attached hydrogen (secondary N) is 1. The van der Waals surface area contributed by atoms with E-state index in [9.17, 15) is 4.79 Å². The molecule has 2 aliphatic carbocycles. The lowest BCUT2D eigenvalue weighted by molar-refractivity contribution is 0.160. The van der Waals surface area contributed by atoms with Crippen LogP contribution >= 0.6 is 11.6 Å². The number of benzene rings is 2. The second-order valence-corrected chi connectivity index (χ2v) is 9.04. The topological polar surface area (TPSA) is 50.7 Å². The summed E-state index contributed by atoms with van der Waals surface area (Å²) in [5.74, 6) is 0.378. The standard InChI is InChI=1S/C24H25ClN2O2/c1-23(2)20-13-14-24(23,3)21(19(20)15-16-9-11-17(25)12-10-16)27-29-22(28)26-18-7-5-4-6-8-18/h4-12,15,20H,13-14H2,1-3H3,(H,26,28)/b19-15+,27-21+/t20-,24-/m1/s1. The number of oxime groups is 1. The number of fused-ring (bicyclic) bond motifs is 2. The van der Waals surface area contributed by atoms with Crippen LogP contribution in [-0.2, 0) is 4.84 Å². The summed E-state index contributed by atoms with van der Waals surface area (Å²) in [5.41, 5.74) is 3.68. The van der Waals surface area contributed by atoms with Crippen molar-refractivity contribution in [3.8, 4) is 0 Å². The molecule has 2 atom stereocenters. The van der Waals surface area contributed by atoms with Gasteiger partial charge in [0.1, 0.15) is 0 Å². The molecule has 0 saturated heterocycles. The predicted molar refractivity (Wildman–Crippen MR) is 118 cm³/mol. The van der Waals surface area contributed by atoms with Gasteiger partial charge in [0.2, 0.25) is 0 Å². The van der Waals surface area contributed by atoms with Gasteiger partial charge in [0, 0.05) is 16.1 Å². The maximum Gasteiger partial charge on any atom is 0.437 e. The second-order valence-electron chi connectivity index (χ2n) is 8.61. The first-order chi connectivity index (χ1) is 13.8. The summed E-state index contributed by atoms with van der Waals surface area (Å²) in [7, 11) is 0. The number of carbonyl (C=O) groups excluding carboxylic acids is 1. The molecular weight excluding hydrogens is 384 g/mol. The van der Waals surface area contributed by atoms with Gasteiger partial charge in [-0.25, -0.2) is 4.79 Å². The fraction of sp³-hybridized carbons (Fsp3) is 0.333. The van der Waals surface area contributed by atoms with E-state index < -0.39 is 6.09 Å². The first-order valence-electron chi connectivity index (χ1n) is 9.90. The van der Waals surface area contributed by atoms with Crippen LogP contribution in [0.4, 0.5) is 10.5 Å². The molecule has 1 N–H and O–H groups in total. The van der Waals surface area contributed by atoms with Crippen molar-refractivity contribution in [1.29, 1.82) is 0 Å². The third kappa shape index (κ3) is 3.46. The van der Waals surface area contributed by atoms with Crippen molar-refractivity contribution < 1.29 is 9.63 Å². The van der Waals surface area contributed by atoms with Gasteiger partial charge in [-0.1, -0.05) is 67.9 Å². The normalized spacial score (nSPS) is 27.4. The van der Waals surface area contributed by atoms with Crippen LogP contribution in [0.5, 0.6) is 0 Å². The Balaban J connectivity index is 1.64. The molecule has 1 amide bonds. The quantitative estimate of drug-likeness (QED) is 0.449. The van der Waals surface area contributed by atoms with Crippen molar-refractivity contribution in [2.75, 3.05) is 5.32 Å². The van der Waals surface area contributed by atoms with Crippen molar-refractivity contribution in [3.05, 3.63) is 70.8 Å². The first-order valence-corrected chi connectivity index (χ1v) is 10.3. The van der Waals surface area contributed by atoms with Crippen LogP contribution in [0.2, 0.25) is 5.02 Å². The number of carbonyl (C=O) groups is 1. The maximum absolute atomic E-state index is 12.3. The highest BCUT2D eigenvalue weighted by Crippen LogP contribution is 2.66. The number of halogens is 1. The van der Waals surface area contributed by atoms with Crippen LogP contribution < -0.4 is 5.32 Å². The van der Waals surface area contributed by atoms with Gasteiger partial charge in [-0.15, -0.1) is 0 Å². The molecule has 150 valence electrons. The molecule has 0 aromatic heterocycles. The van der Waals surface area contributed by atoms with Crippen molar-refractivity contribution in [1.82, 2.24) is 0 Å². The number of anilines is 1. The van der Waals surface area contributed by atoms with Crippen LogP contribution in [0.15, 0.2) is 65.3 Å². The van der Waals surface area contributed by atoms with E-state index in [2.05, 4.69) is 37.3 Å². The van der Waals surface area contributed by atoms with Gasteiger partial charge in [0.15, 0.2) is 0 Å². The van der Waals surface area contributed by atoms with E-state index in [1.807, 2.05) is 54.6 Å². The zero-order valence-electron chi connectivity index (χ0n) is 16.9. The minimum atomic E-state index is -0.585. The van der Waals surface area contributed by atoms with E-state index >= 15 is 0 Å². The molecule has 4 nitrogen and oxygen atoms in total. The number of hydrogen-bond donors (Lipinski definition) is 1. The average molecular weight is 409 g/mol. The molecule has 2 aromatic carbocycles. The lowest BCUT2D eigenvalue weighted by Crippen LogP contribution is -2.33. The highest BCUT2D eigenvalue weighted by molar-refractivity contribution is 6.30. The molecule has 2 aliphatic rings. The molecule has 2 bridgehead atoms. The number of amides is 1. The Bertz CT molecular complexity index is 980. The highest BCUT2D eigenvalue weighted by atomic mass is 35.5. The first kappa shape index (κ1) is 19.7. The van der Waals surface area contributed by atoms with E-state index in [4.69, 9.17) is 16.4 Å². The number of para-hydroxylation sites is 1. The van der Waals surface area contributed by atoms with Gasteiger partial charge in [-0.05, 0) is 65.7 Å². The summed E-state index contributed by atoms with van der Waals surface area (Å²) in [5, 5.41) is 7.80. The van der Waals surface area contributed by atoms with E-state index in [0.717, 1.165) is 29.7 Å². The minimum Gasteiger partial charge on any atom is -0.297 e. The summed E-state index contributed by atoms with van der Waals surface area (Å²) in [6.07, 6.45) is 3.71. The number of rotatable bonds is 3. The van der Waals surface area contributed by atoms with E-state index in [0.29, 0.717) is 16.6 Å². The summed E-state index contributed by atoms with van der Waals surface area (Å²) in [4.78, 5) is 17.6. The Morgan fingerprint density at radius 3 is 2.52 bits per heavy atom. The Hall–Kier alpha value is -2.59. The highest BCUT2D eigenvalue weighted by Gasteiger charge is 2.62. The van der Waals surface area contributed by atoms with Gasteiger partial charge in [0.25, 0.3) is 0 Å². The molecule has 0 aliphatic heterocycles. The zero-order chi connectivity index (χ0) is 20.6. The molecule has 0 spiro atoms. The summed E-state index contributed by atoms with van der Waals surface area (Å²) in [6.45, 7) is 6.80. The van der Waals surface area contributed by atoms with Gasteiger partial charge in [-0.3, -0.25) is 10.2 Å². The van der Waals surface area contributed by atoms with Crippen LogP contribution in [0, 0.1) is 16.7 Å². The Kier molecular flexibility index (Phi) is 4.99. The third-order valence-electron chi connectivity index (χ3n) is 6.83. The van der Waals surface area contributed by atoms with Crippen LogP contribution in [0.3, 0.4) is 0 Å². The molecule has 4 rings (SSSR count). The average Bonchev–Trinajstić information content (AvgIpc) is 3.01. The van der Waals surface area contributed by atoms with Crippen molar-refractivity contribution in [3.63, 3.8) is 0 Å². The minimum absolute atomic E-state index is 0.0450. The molecule has 29 heavy (non-hydrogen) atoms. The zero-order valence-corrected chi connectivity index (χ0v) is 17.7. The molecule has 2 aromatic rings. The third-order valence-corrected chi connectivity index (χ3v) is 7.08. The van der Waals surface area contributed by atoms with Crippen molar-refractivity contribution >= 4 is 35.2 Å². The largest absolute Gasteiger partial charge is 0.437 e. The van der Waals surface area contributed by atoms with E-state index in [1.165, 1.54) is 0 Å². The molecule has 2 fully saturated rings. The summed E-state index contributed by atoms with van der Waals surface area (Å²) >= 11 is 6.03. The summed E-state index contributed by atoms with van der Waals surface area (Å²) in [6, 6.07) is 17.0. The van der Waals surface area contributed by atoms with E-state index in [-0.39, 0.29) is 10.8 Å². The van der Waals surface area contributed by atoms with E-state index in [1.54, 1.807) is 0 Å². The lowest BCUT2D eigenvalue weighted by atomic mass is 9.70. The maximum atomic E-state index is 12.3. The molecule has 5 heteroatoms. The Morgan fingerprint density at radius 2 is 1.83 bits per heavy atom. The van der Waals surface area contributed by atoms with Crippen molar-refractivity contribution in [2.45, 2.75) is 33.6 Å².